The molecule has 11 heteroatoms. The fraction of sp³-hybridized carbons (Fsp3) is 0.375. The van der Waals surface area contributed by atoms with Gasteiger partial charge in [-0.3, -0.25) is 9.36 Å². The summed E-state index contributed by atoms with van der Waals surface area (Å²) in [7, 11) is 2.48. The fourth-order valence-corrected chi connectivity index (χ4v) is 5.25. The number of benzene rings is 1. The number of nitrogens with zero attached hydrogens (tertiary/aromatic N) is 3. The van der Waals surface area contributed by atoms with Crippen LogP contribution in [-0.2, 0) is 20.7 Å². The normalized spacial score (nSPS) is 10.9. The van der Waals surface area contributed by atoms with Crippen LogP contribution in [0, 0.1) is 0 Å². The Kier molecular flexibility index (Phi) is 9.05. The lowest BCUT2D eigenvalue weighted by Gasteiger charge is -2.13. The summed E-state index contributed by atoms with van der Waals surface area (Å²) >= 11 is 2.97. The molecule has 0 aliphatic rings. The maximum Gasteiger partial charge on any atom is 0.337 e. The summed E-state index contributed by atoms with van der Waals surface area (Å²) in [6.07, 6.45) is 2.10. The van der Waals surface area contributed by atoms with Crippen molar-refractivity contribution in [2.75, 3.05) is 25.3 Å². The molecule has 1 amide bonds. The first-order chi connectivity index (χ1) is 16.8. The fourth-order valence-electron chi connectivity index (χ4n) is 3.41. The Hall–Kier alpha value is -3.18. The molecule has 1 N–H and O–H groups in total. The van der Waals surface area contributed by atoms with Crippen LogP contribution in [0.15, 0.2) is 34.8 Å². The molecule has 0 bridgehead atoms. The first-order valence-electron chi connectivity index (χ1n) is 11.0. The van der Waals surface area contributed by atoms with E-state index in [1.807, 2.05) is 18.4 Å². The van der Waals surface area contributed by atoms with Crippen molar-refractivity contribution >= 4 is 46.6 Å². The van der Waals surface area contributed by atoms with Crippen molar-refractivity contribution in [2.24, 2.45) is 0 Å². The molecule has 0 unspecified atom stereocenters. The Morgan fingerprint density at radius 2 is 1.71 bits per heavy atom. The van der Waals surface area contributed by atoms with E-state index in [4.69, 9.17) is 9.47 Å². The molecule has 0 aliphatic carbocycles. The van der Waals surface area contributed by atoms with E-state index >= 15 is 0 Å². The van der Waals surface area contributed by atoms with Crippen LogP contribution in [0.2, 0.25) is 0 Å². The number of rotatable bonds is 10. The maximum atomic E-state index is 12.7. The summed E-state index contributed by atoms with van der Waals surface area (Å²) < 4.78 is 11.5. The molecule has 2 heterocycles. The van der Waals surface area contributed by atoms with E-state index in [-0.39, 0.29) is 34.5 Å². The third kappa shape index (κ3) is 6.49. The smallest absolute Gasteiger partial charge is 0.337 e. The van der Waals surface area contributed by atoms with E-state index in [9.17, 15) is 14.4 Å². The van der Waals surface area contributed by atoms with E-state index in [2.05, 4.69) is 33.9 Å². The average molecular weight is 517 g/mol. The molecular formula is C24H28N4O5S2. The molecule has 186 valence electrons. The number of anilines is 1. The molecule has 0 radical (unpaired) electrons. The summed E-state index contributed by atoms with van der Waals surface area (Å²) in [5.74, 6) is -0.753. The molecule has 0 aliphatic heterocycles. The Balaban J connectivity index is 1.76. The number of thiophene rings is 1. The molecule has 0 atom stereocenters. The molecule has 0 saturated carbocycles. The van der Waals surface area contributed by atoms with E-state index in [0.717, 1.165) is 24.2 Å². The number of amides is 1. The van der Waals surface area contributed by atoms with Crippen molar-refractivity contribution in [2.45, 2.75) is 44.8 Å². The van der Waals surface area contributed by atoms with Crippen LogP contribution >= 0.6 is 23.1 Å². The zero-order valence-corrected chi connectivity index (χ0v) is 21.9. The molecule has 3 aromatic rings. The van der Waals surface area contributed by atoms with E-state index < -0.39 is 11.9 Å². The third-order valence-corrected chi connectivity index (χ3v) is 6.92. The minimum absolute atomic E-state index is 0.0611. The Bertz CT molecular complexity index is 1180. The number of aromatic nitrogens is 3. The largest absolute Gasteiger partial charge is 0.465 e. The Labute approximate surface area is 212 Å². The van der Waals surface area contributed by atoms with Crippen molar-refractivity contribution in [3.05, 3.63) is 45.6 Å². The third-order valence-electron chi connectivity index (χ3n) is 4.98. The van der Waals surface area contributed by atoms with Gasteiger partial charge in [0.1, 0.15) is 0 Å². The number of ether oxygens (including phenoxy) is 2. The average Bonchev–Trinajstić information content (AvgIpc) is 3.48. The monoisotopic (exact) mass is 516 g/mol. The predicted octanol–water partition coefficient (Wildman–Crippen LogP) is 4.84. The maximum absolute atomic E-state index is 12.7. The van der Waals surface area contributed by atoms with E-state index in [1.165, 1.54) is 49.1 Å². The second kappa shape index (κ2) is 12.0. The van der Waals surface area contributed by atoms with Gasteiger partial charge in [-0.1, -0.05) is 25.1 Å². The molecule has 2 aromatic heterocycles. The number of nitrogens with one attached hydrogen (secondary N) is 1. The summed E-state index contributed by atoms with van der Waals surface area (Å²) in [5.41, 5.74) is 1.55. The molecule has 0 saturated heterocycles. The van der Waals surface area contributed by atoms with Gasteiger partial charge in [-0.2, -0.15) is 0 Å². The summed E-state index contributed by atoms with van der Waals surface area (Å²) in [4.78, 5) is 38.0. The second-order valence-corrected chi connectivity index (χ2v) is 9.88. The van der Waals surface area contributed by atoms with Crippen molar-refractivity contribution < 1.29 is 23.9 Å². The van der Waals surface area contributed by atoms with Crippen LogP contribution in [0.5, 0.6) is 0 Å². The number of thioether (sulfide) groups is 1. The van der Waals surface area contributed by atoms with Crippen LogP contribution in [0.25, 0.3) is 11.4 Å². The number of esters is 2. The lowest BCUT2D eigenvalue weighted by atomic mass is 10.1. The van der Waals surface area contributed by atoms with Crippen LogP contribution in [-0.4, -0.2) is 52.6 Å². The summed E-state index contributed by atoms with van der Waals surface area (Å²) in [5, 5.41) is 14.2. The highest BCUT2D eigenvalue weighted by molar-refractivity contribution is 7.99. The van der Waals surface area contributed by atoms with E-state index in [0.29, 0.717) is 5.16 Å². The van der Waals surface area contributed by atoms with Gasteiger partial charge in [-0.05, 0) is 44.5 Å². The van der Waals surface area contributed by atoms with Gasteiger partial charge < -0.3 is 14.8 Å². The van der Waals surface area contributed by atoms with Crippen LogP contribution in [0.1, 0.15) is 58.8 Å². The minimum atomic E-state index is -0.631. The van der Waals surface area contributed by atoms with Crippen molar-refractivity contribution in [1.29, 1.82) is 0 Å². The molecule has 1 aromatic carbocycles. The zero-order chi connectivity index (χ0) is 25.5. The highest BCUT2D eigenvalue weighted by atomic mass is 32.2. The first kappa shape index (κ1) is 26.4. The number of hydrogen-bond donors (Lipinski definition) is 1. The first-order valence-corrected chi connectivity index (χ1v) is 12.9. The topological polar surface area (TPSA) is 112 Å². The molecule has 0 fully saturated rings. The van der Waals surface area contributed by atoms with Gasteiger partial charge >= 0.3 is 11.9 Å². The van der Waals surface area contributed by atoms with Crippen molar-refractivity contribution in [1.82, 2.24) is 14.8 Å². The Morgan fingerprint density at radius 1 is 1.06 bits per heavy atom. The quantitative estimate of drug-likeness (QED) is 0.301. The number of hydrogen-bond acceptors (Lipinski definition) is 9. The molecule has 35 heavy (non-hydrogen) atoms. The summed E-state index contributed by atoms with van der Waals surface area (Å²) in [6.45, 7) is 6.24. The van der Waals surface area contributed by atoms with Crippen molar-refractivity contribution in [3.63, 3.8) is 0 Å². The van der Waals surface area contributed by atoms with Crippen molar-refractivity contribution in [3.8, 4) is 11.4 Å². The van der Waals surface area contributed by atoms with Gasteiger partial charge in [0.05, 0.1) is 31.1 Å². The second-order valence-electron chi connectivity index (χ2n) is 7.94. The van der Waals surface area contributed by atoms with Crippen LogP contribution in [0.4, 0.5) is 5.69 Å². The summed E-state index contributed by atoms with van der Waals surface area (Å²) in [6, 6.07) is 6.48. The van der Waals surface area contributed by atoms with Gasteiger partial charge in [0, 0.05) is 27.5 Å². The van der Waals surface area contributed by atoms with E-state index in [1.54, 1.807) is 11.3 Å². The van der Waals surface area contributed by atoms with Crippen LogP contribution in [0.3, 0.4) is 0 Å². The van der Waals surface area contributed by atoms with Gasteiger partial charge in [-0.25, -0.2) is 9.59 Å². The molecule has 0 spiro atoms. The SMILES string of the molecule is CCCc1cc(-c2nnc(SCC(=O)Nc3cc(C(=O)OC)cc(C(=O)OC)c3)n2C(C)C)cs1. The van der Waals surface area contributed by atoms with Crippen LogP contribution < -0.4 is 5.32 Å². The number of methoxy groups -OCH3 is 2. The zero-order valence-electron chi connectivity index (χ0n) is 20.3. The number of carbonyl (C=O) groups is 3. The van der Waals surface area contributed by atoms with Gasteiger partial charge in [0.25, 0.3) is 0 Å². The standard InChI is InChI=1S/C24H28N4O5S2/c1-6-7-19-11-17(12-34-19)21-26-27-24(28(21)14(2)3)35-13-20(29)25-18-9-15(22(30)32-4)8-16(10-18)23(31)33-5/h8-12,14H,6-7,13H2,1-5H3,(H,25,29). The Morgan fingerprint density at radius 3 is 2.29 bits per heavy atom. The lowest BCUT2D eigenvalue weighted by Crippen LogP contribution is -2.16. The highest BCUT2D eigenvalue weighted by Crippen LogP contribution is 2.31. The lowest BCUT2D eigenvalue weighted by molar-refractivity contribution is -0.113. The van der Waals surface area contributed by atoms with Gasteiger partial charge in [0.15, 0.2) is 11.0 Å². The van der Waals surface area contributed by atoms with Gasteiger partial charge in [0.2, 0.25) is 5.91 Å². The highest BCUT2D eigenvalue weighted by Gasteiger charge is 2.20. The molecular weight excluding hydrogens is 488 g/mol. The molecule has 9 nitrogen and oxygen atoms in total. The molecule has 3 rings (SSSR count). The number of carbonyl (C=O) groups excluding carboxylic acids is 3. The minimum Gasteiger partial charge on any atom is -0.465 e. The number of aryl methyl sites for hydroxylation is 1. The predicted molar refractivity (Wildman–Crippen MR) is 136 cm³/mol. The van der Waals surface area contributed by atoms with Gasteiger partial charge in [-0.15, -0.1) is 21.5 Å².